The molecule has 0 unspecified atom stereocenters. The van der Waals surface area contributed by atoms with Gasteiger partial charge in [-0.3, -0.25) is 0 Å². The molecule has 0 saturated heterocycles. The molecule has 4 aromatic rings. The number of unbranched alkanes of at least 4 members (excludes halogenated alkanes) is 4. The van der Waals surface area contributed by atoms with Crippen LogP contribution < -0.4 is 9.13 Å². The van der Waals surface area contributed by atoms with Gasteiger partial charge >= 0.3 is 0 Å². The Labute approximate surface area is 319 Å². The number of halogens is 2. The zero-order valence-corrected chi connectivity index (χ0v) is 33.4. The number of rotatable bonds is 10. The lowest BCUT2D eigenvalue weighted by atomic mass is 10.1. The number of nitrogens with zero attached hydrogens (tertiary/aromatic N) is 2. The van der Waals surface area contributed by atoms with Crippen LogP contribution >= 0.6 is 31.9 Å². The van der Waals surface area contributed by atoms with Crippen molar-refractivity contribution in [3.63, 3.8) is 0 Å². The van der Waals surface area contributed by atoms with E-state index in [0.29, 0.717) is 0 Å². The van der Waals surface area contributed by atoms with Crippen molar-refractivity contribution in [2.75, 3.05) is 10.7 Å². The number of pyridine rings is 2. The summed E-state index contributed by atoms with van der Waals surface area (Å²) in [5, 5.41) is 2.03. The maximum absolute atomic E-state index is 3.40. The van der Waals surface area contributed by atoms with Crippen molar-refractivity contribution < 1.29 is 9.13 Å². The van der Waals surface area contributed by atoms with Crippen LogP contribution in [0.5, 0.6) is 0 Å². The summed E-state index contributed by atoms with van der Waals surface area (Å²) < 4.78 is 4.50. The van der Waals surface area contributed by atoms with Crippen molar-refractivity contribution >= 4 is 31.9 Å². The van der Waals surface area contributed by atoms with E-state index in [2.05, 4.69) is 177 Å². The predicted octanol–water partition coefficient (Wildman–Crippen LogP) is 9.90. The lowest BCUT2D eigenvalue weighted by Gasteiger charge is -1.99. The SMILES string of the molecule is BrCCCC#Cc1cccc(C#CCCCBr)c1.Cc1cc[n+](CCCC#Cc2cccc(C#CCCC[n+]3ccc(C)c(C)c3)c2)cc1C. The molecule has 0 atom stereocenters. The van der Waals surface area contributed by atoms with Crippen LogP contribution in [-0.4, -0.2) is 10.7 Å². The van der Waals surface area contributed by atoms with Gasteiger partial charge in [-0.1, -0.05) is 91.4 Å². The molecule has 0 N–H and O–H groups in total. The summed E-state index contributed by atoms with van der Waals surface area (Å²) in [5.74, 6) is 25.9. The van der Waals surface area contributed by atoms with Crippen LogP contribution in [0, 0.1) is 75.1 Å². The van der Waals surface area contributed by atoms with Crippen molar-refractivity contribution in [2.45, 2.75) is 92.2 Å². The smallest absolute Gasteiger partial charge is 0.171 e. The van der Waals surface area contributed by atoms with Crippen molar-refractivity contribution in [1.29, 1.82) is 0 Å². The third-order valence-corrected chi connectivity index (χ3v) is 9.08. The molecule has 0 radical (unpaired) electrons. The lowest BCUT2D eigenvalue weighted by Crippen LogP contribution is -2.33. The summed E-state index contributed by atoms with van der Waals surface area (Å²) in [5.41, 5.74) is 9.53. The quantitative estimate of drug-likeness (QED) is 0.0655. The average Bonchev–Trinajstić information content (AvgIpc) is 3.12. The molecule has 0 amide bonds. The van der Waals surface area contributed by atoms with Gasteiger partial charge in [-0.25, -0.2) is 9.13 Å². The Morgan fingerprint density at radius 2 is 0.800 bits per heavy atom. The van der Waals surface area contributed by atoms with Crippen LogP contribution in [0.25, 0.3) is 0 Å². The Morgan fingerprint density at radius 1 is 0.460 bits per heavy atom. The highest BCUT2D eigenvalue weighted by molar-refractivity contribution is 9.09. The Balaban J connectivity index is 0.000000319. The third-order valence-electron chi connectivity index (χ3n) is 7.96. The summed E-state index contributed by atoms with van der Waals surface area (Å²) in [4.78, 5) is 0. The lowest BCUT2D eigenvalue weighted by molar-refractivity contribution is -0.697. The molecule has 2 nitrogen and oxygen atoms in total. The third kappa shape index (κ3) is 16.6. The summed E-state index contributed by atoms with van der Waals surface area (Å²) in [6, 6.07) is 20.8. The van der Waals surface area contributed by atoms with E-state index in [1.54, 1.807) is 0 Å². The van der Waals surface area contributed by atoms with Crippen molar-refractivity contribution in [3.8, 4) is 47.4 Å². The van der Waals surface area contributed by atoms with Crippen LogP contribution in [0.1, 0.15) is 95.9 Å². The first-order chi connectivity index (χ1) is 24.4. The van der Waals surface area contributed by atoms with Gasteiger partial charge in [0.05, 0.1) is 0 Å². The largest absolute Gasteiger partial charge is 0.205 e. The van der Waals surface area contributed by atoms with Gasteiger partial charge in [0.25, 0.3) is 0 Å². The van der Waals surface area contributed by atoms with Gasteiger partial charge in [-0.05, 0) is 88.1 Å². The number of hydrogen-bond donors (Lipinski definition) is 0. The van der Waals surface area contributed by atoms with E-state index in [1.165, 1.54) is 22.3 Å². The van der Waals surface area contributed by atoms with Gasteiger partial charge < -0.3 is 0 Å². The minimum absolute atomic E-state index is 0.895. The van der Waals surface area contributed by atoms with Gasteiger partial charge in [0, 0.05) is 94.7 Å². The Bertz CT molecular complexity index is 1780. The molecular weight excluding hydrogens is 740 g/mol. The predicted molar refractivity (Wildman–Crippen MR) is 217 cm³/mol. The van der Waals surface area contributed by atoms with E-state index in [4.69, 9.17) is 0 Å². The van der Waals surface area contributed by atoms with E-state index in [0.717, 1.165) is 97.4 Å². The number of aromatic nitrogens is 2. The van der Waals surface area contributed by atoms with Crippen LogP contribution in [0.15, 0.2) is 85.5 Å². The minimum Gasteiger partial charge on any atom is -0.205 e. The summed E-state index contributed by atoms with van der Waals surface area (Å²) in [7, 11) is 0. The molecule has 4 rings (SSSR count). The normalized spacial score (nSPS) is 9.72. The second kappa shape index (κ2) is 24.2. The molecule has 0 saturated carbocycles. The molecule has 0 aliphatic heterocycles. The van der Waals surface area contributed by atoms with E-state index in [1.807, 2.05) is 24.3 Å². The fourth-order valence-corrected chi connectivity index (χ4v) is 5.32. The summed E-state index contributed by atoms with van der Waals surface area (Å²) in [6.45, 7) is 10.6. The molecule has 2 aromatic carbocycles. The zero-order valence-electron chi connectivity index (χ0n) is 30.2. The van der Waals surface area contributed by atoms with Gasteiger partial charge in [-0.15, -0.1) is 0 Å². The Kier molecular flexibility index (Phi) is 19.5. The van der Waals surface area contributed by atoms with Crippen molar-refractivity contribution in [1.82, 2.24) is 0 Å². The molecule has 0 spiro atoms. The molecule has 0 bridgehead atoms. The Hall–Kier alpha value is -4.06. The molecule has 2 aromatic heterocycles. The Morgan fingerprint density at radius 3 is 1.12 bits per heavy atom. The number of aryl methyl sites for hydroxylation is 6. The maximum atomic E-state index is 3.40. The first kappa shape index (κ1) is 40.4. The van der Waals surface area contributed by atoms with Gasteiger partial charge in [0.2, 0.25) is 0 Å². The van der Waals surface area contributed by atoms with Gasteiger partial charge in [0.1, 0.15) is 13.1 Å². The van der Waals surface area contributed by atoms with E-state index < -0.39 is 0 Å². The van der Waals surface area contributed by atoms with Crippen LogP contribution in [0.3, 0.4) is 0 Å². The monoisotopic (exact) mass is 788 g/mol. The highest BCUT2D eigenvalue weighted by atomic mass is 79.9. The fourth-order valence-electron chi connectivity index (χ4n) is 4.76. The fraction of sp³-hybridized carbons (Fsp3) is 0.348. The van der Waals surface area contributed by atoms with E-state index in [-0.39, 0.29) is 0 Å². The molecular formula is C46H50Br2N2+2. The molecule has 0 aliphatic carbocycles. The summed E-state index contributed by atoms with van der Waals surface area (Å²) >= 11 is 6.80. The first-order valence-corrected chi connectivity index (χ1v) is 19.8. The van der Waals surface area contributed by atoms with Gasteiger partial charge in [0.15, 0.2) is 24.8 Å². The average molecular weight is 791 g/mol. The van der Waals surface area contributed by atoms with E-state index >= 15 is 0 Å². The second-order valence-corrected chi connectivity index (χ2v) is 13.8. The second-order valence-electron chi connectivity index (χ2n) is 12.3. The van der Waals surface area contributed by atoms with Crippen LogP contribution in [0.2, 0.25) is 0 Å². The molecule has 0 fully saturated rings. The maximum Gasteiger partial charge on any atom is 0.171 e. The topological polar surface area (TPSA) is 7.76 Å². The minimum atomic E-state index is 0.895. The molecule has 2 heterocycles. The molecule has 4 heteroatoms. The number of alkyl halides is 2. The number of benzene rings is 2. The molecule has 0 aliphatic rings. The summed E-state index contributed by atoms with van der Waals surface area (Å²) in [6.07, 6.45) is 16.7. The highest BCUT2D eigenvalue weighted by Crippen LogP contribution is 2.06. The van der Waals surface area contributed by atoms with Crippen molar-refractivity contribution in [3.05, 3.63) is 130 Å². The van der Waals surface area contributed by atoms with E-state index in [9.17, 15) is 0 Å². The standard InChI is InChI=1S/C30H34N2.C16H16Br2/c1-25-16-20-31(23-27(25)3)18-9-5-7-12-29-14-11-15-30(22-29)13-8-6-10-19-32-21-17-26(2)28(4)24-32;17-12-5-1-3-8-15-10-7-11-16(14-15)9-4-2-6-13-18/h11,14-17,20-24H,5-6,9-10,18-19H2,1-4H3;7,10-11,14H,1-2,5-6,12-13H2/q+2;. The zero-order chi connectivity index (χ0) is 35.8. The number of hydrogen-bond acceptors (Lipinski definition) is 0. The molecule has 256 valence electrons. The molecule has 50 heavy (non-hydrogen) atoms. The van der Waals surface area contributed by atoms with Crippen LogP contribution in [-0.2, 0) is 13.1 Å². The van der Waals surface area contributed by atoms with Gasteiger partial charge in [-0.2, -0.15) is 0 Å². The highest BCUT2D eigenvalue weighted by Gasteiger charge is 2.03. The van der Waals surface area contributed by atoms with Crippen molar-refractivity contribution in [2.24, 2.45) is 0 Å². The first-order valence-electron chi connectivity index (χ1n) is 17.6. The van der Waals surface area contributed by atoms with Crippen LogP contribution in [0.4, 0.5) is 0 Å².